The average molecular weight is 369 g/mol. The first kappa shape index (κ1) is 17.4. The van der Waals surface area contributed by atoms with Crippen molar-refractivity contribution in [2.24, 2.45) is 0 Å². The Bertz CT molecular complexity index is 1220. The fourth-order valence-electron chi connectivity index (χ4n) is 3.03. The number of ketones is 1. The van der Waals surface area contributed by atoms with Crippen LogP contribution in [0.25, 0.3) is 28.2 Å². The molecule has 0 aliphatic heterocycles. The maximum Gasteiger partial charge on any atom is 0.280 e. The van der Waals surface area contributed by atoms with Gasteiger partial charge < -0.3 is 4.42 Å². The lowest BCUT2D eigenvalue weighted by Crippen LogP contribution is -1.93. The Morgan fingerprint density at radius 2 is 1.64 bits per heavy atom. The third-order valence-electron chi connectivity index (χ3n) is 4.43. The Labute approximate surface area is 160 Å². The van der Waals surface area contributed by atoms with Gasteiger partial charge in [0, 0.05) is 11.6 Å². The number of benzene rings is 3. The second-order valence-corrected chi connectivity index (χ2v) is 6.24. The van der Waals surface area contributed by atoms with E-state index < -0.39 is 4.92 Å². The molecule has 5 heteroatoms. The summed E-state index contributed by atoms with van der Waals surface area (Å²) in [7, 11) is 0. The van der Waals surface area contributed by atoms with Gasteiger partial charge in [-0.05, 0) is 47.2 Å². The topological polar surface area (TPSA) is 73.3 Å². The molecule has 1 heterocycles. The monoisotopic (exact) mass is 369 g/mol. The lowest BCUT2D eigenvalue weighted by Gasteiger charge is -2.00. The van der Waals surface area contributed by atoms with Crippen molar-refractivity contribution < 1.29 is 14.1 Å². The first-order valence-electron chi connectivity index (χ1n) is 8.67. The lowest BCUT2D eigenvalue weighted by molar-refractivity contribution is -0.384. The predicted molar refractivity (Wildman–Crippen MR) is 108 cm³/mol. The highest BCUT2D eigenvalue weighted by Gasteiger charge is 2.16. The predicted octanol–water partition coefficient (Wildman–Crippen LogP) is 5.90. The van der Waals surface area contributed by atoms with Gasteiger partial charge in [0.1, 0.15) is 11.5 Å². The number of nitrogens with zero attached hydrogens (tertiary/aromatic N) is 1. The molecule has 0 bridgehead atoms. The molecule has 0 spiro atoms. The number of furan rings is 1. The number of hydrogen-bond acceptors (Lipinski definition) is 4. The van der Waals surface area contributed by atoms with Gasteiger partial charge in [-0.2, -0.15) is 0 Å². The second kappa shape index (κ2) is 7.32. The highest BCUT2D eigenvalue weighted by molar-refractivity contribution is 6.08. The molecule has 0 N–H and O–H groups in total. The van der Waals surface area contributed by atoms with Crippen LogP contribution in [0.2, 0.25) is 0 Å². The van der Waals surface area contributed by atoms with Gasteiger partial charge in [0.25, 0.3) is 5.69 Å². The third-order valence-corrected chi connectivity index (χ3v) is 4.43. The standard InChI is InChI=1S/C23H15NO4/c25-22(18-10-9-16-5-1-2-6-17(16)15-18)13-11-19-12-14-23(28-19)20-7-3-4-8-21(20)24(26)27/h1-15H/b13-11+. The molecule has 5 nitrogen and oxygen atoms in total. The summed E-state index contributed by atoms with van der Waals surface area (Å²) < 4.78 is 5.67. The van der Waals surface area contributed by atoms with Crippen molar-refractivity contribution >= 4 is 28.3 Å². The van der Waals surface area contributed by atoms with Crippen LogP contribution in [0.1, 0.15) is 16.1 Å². The number of allylic oxidation sites excluding steroid dienone is 1. The van der Waals surface area contributed by atoms with E-state index in [9.17, 15) is 14.9 Å². The molecular weight excluding hydrogens is 354 g/mol. The van der Waals surface area contributed by atoms with Gasteiger partial charge in [-0.15, -0.1) is 0 Å². The second-order valence-electron chi connectivity index (χ2n) is 6.24. The van der Waals surface area contributed by atoms with Gasteiger partial charge in [-0.25, -0.2) is 0 Å². The Morgan fingerprint density at radius 1 is 0.893 bits per heavy atom. The number of nitro benzene ring substituents is 1. The number of hydrogen-bond donors (Lipinski definition) is 0. The molecule has 4 aromatic rings. The van der Waals surface area contributed by atoms with Crippen molar-refractivity contribution in [3.8, 4) is 11.3 Å². The Morgan fingerprint density at radius 3 is 2.46 bits per heavy atom. The van der Waals surface area contributed by atoms with Crippen LogP contribution in [0.4, 0.5) is 5.69 Å². The molecule has 0 radical (unpaired) electrons. The molecule has 0 fully saturated rings. The van der Waals surface area contributed by atoms with Crippen LogP contribution in [0.3, 0.4) is 0 Å². The van der Waals surface area contributed by atoms with Gasteiger partial charge in [0.05, 0.1) is 10.5 Å². The lowest BCUT2D eigenvalue weighted by atomic mass is 10.0. The molecule has 4 rings (SSSR count). The minimum absolute atomic E-state index is 0.0281. The van der Waals surface area contributed by atoms with E-state index in [2.05, 4.69) is 0 Å². The molecule has 136 valence electrons. The molecular formula is C23H15NO4. The van der Waals surface area contributed by atoms with Crippen LogP contribution in [0, 0.1) is 10.1 Å². The fourth-order valence-corrected chi connectivity index (χ4v) is 3.03. The van der Waals surface area contributed by atoms with Crippen LogP contribution in [0.5, 0.6) is 0 Å². The molecule has 0 aliphatic carbocycles. The summed E-state index contributed by atoms with van der Waals surface area (Å²) in [4.78, 5) is 23.2. The van der Waals surface area contributed by atoms with Crippen LogP contribution >= 0.6 is 0 Å². The summed E-state index contributed by atoms with van der Waals surface area (Å²) in [6.45, 7) is 0. The van der Waals surface area contributed by atoms with E-state index >= 15 is 0 Å². The number of rotatable bonds is 5. The van der Waals surface area contributed by atoms with Gasteiger partial charge >= 0.3 is 0 Å². The number of carbonyl (C=O) groups excluding carboxylic acids is 1. The SMILES string of the molecule is O=C(/C=C/c1ccc(-c2ccccc2[N+](=O)[O-])o1)c1ccc2ccccc2c1. The fraction of sp³-hybridized carbons (Fsp3) is 0. The van der Waals surface area contributed by atoms with E-state index in [0.717, 1.165) is 10.8 Å². The summed E-state index contributed by atoms with van der Waals surface area (Å²) in [6, 6.07) is 23.1. The largest absolute Gasteiger partial charge is 0.456 e. The summed E-state index contributed by atoms with van der Waals surface area (Å²) in [5.74, 6) is 0.682. The molecule has 0 aliphatic rings. The van der Waals surface area contributed by atoms with Crippen molar-refractivity contribution in [2.45, 2.75) is 0 Å². The van der Waals surface area contributed by atoms with Gasteiger partial charge in [0.2, 0.25) is 0 Å². The summed E-state index contributed by atoms with van der Waals surface area (Å²) in [5.41, 5.74) is 0.952. The third kappa shape index (κ3) is 3.46. The molecule has 0 amide bonds. The minimum Gasteiger partial charge on any atom is -0.456 e. The van der Waals surface area contributed by atoms with E-state index in [-0.39, 0.29) is 11.5 Å². The molecule has 0 unspecified atom stereocenters. The van der Waals surface area contributed by atoms with E-state index in [1.54, 1.807) is 42.5 Å². The number of nitro groups is 1. The van der Waals surface area contributed by atoms with Gasteiger partial charge in [-0.3, -0.25) is 14.9 Å². The van der Waals surface area contributed by atoms with Crippen LogP contribution in [-0.2, 0) is 0 Å². The summed E-state index contributed by atoms with van der Waals surface area (Å²) in [5, 5.41) is 13.2. The normalized spacial score (nSPS) is 11.1. The molecule has 0 atom stereocenters. The van der Waals surface area contributed by atoms with E-state index in [0.29, 0.717) is 22.6 Å². The average Bonchev–Trinajstić information content (AvgIpc) is 3.20. The molecule has 1 aromatic heterocycles. The molecule has 0 saturated heterocycles. The van der Waals surface area contributed by atoms with Crippen molar-refractivity contribution in [3.63, 3.8) is 0 Å². The van der Waals surface area contributed by atoms with E-state index in [1.807, 2.05) is 36.4 Å². The number of fused-ring (bicyclic) bond motifs is 1. The summed E-state index contributed by atoms with van der Waals surface area (Å²) >= 11 is 0. The maximum atomic E-state index is 12.5. The minimum atomic E-state index is -0.448. The Balaban J connectivity index is 1.57. The highest BCUT2D eigenvalue weighted by atomic mass is 16.6. The zero-order valence-electron chi connectivity index (χ0n) is 14.7. The van der Waals surface area contributed by atoms with Crippen molar-refractivity contribution in [1.29, 1.82) is 0 Å². The summed E-state index contributed by atoms with van der Waals surface area (Å²) in [6.07, 6.45) is 3.00. The Hall–Kier alpha value is -3.99. The first-order valence-corrected chi connectivity index (χ1v) is 8.67. The smallest absolute Gasteiger partial charge is 0.280 e. The molecule has 0 saturated carbocycles. The molecule has 3 aromatic carbocycles. The first-order chi connectivity index (χ1) is 13.6. The zero-order valence-corrected chi connectivity index (χ0v) is 14.7. The van der Waals surface area contributed by atoms with Crippen molar-refractivity contribution in [3.05, 3.63) is 106 Å². The highest BCUT2D eigenvalue weighted by Crippen LogP contribution is 2.31. The zero-order chi connectivity index (χ0) is 19.5. The number of carbonyl (C=O) groups is 1. The van der Waals surface area contributed by atoms with Crippen molar-refractivity contribution in [1.82, 2.24) is 0 Å². The maximum absolute atomic E-state index is 12.5. The molecule has 28 heavy (non-hydrogen) atoms. The van der Waals surface area contributed by atoms with Gasteiger partial charge in [-0.1, -0.05) is 48.5 Å². The number of para-hydroxylation sites is 1. The van der Waals surface area contributed by atoms with E-state index in [1.165, 1.54) is 12.1 Å². The van der Waals surface area contributed by atoms with E-state index in [4.69, 9.17) is 4.42 Å². The van der Waals surface area contributed by atoms with Crippen molar-refractivity contribution in [2.75, 3.05) is 0 Å². The van der Waals surface area contributed by atoms with Crippen LogP contribution in [0.15, 0.2) is 89.4 Å². The Kier molecular flexibility index (Phi) is 4.56. The quantitative estimate of drug-likeness (QED) is 0.190. The van der Waals surface area contributed by atoms with Crippen LogP contribution < -0.4 is 0 Å². The van der Waals surface area contributed by atoms with Gasteiger partial charge in [0.15, 0.2) is 5.78 Å². The van der Waals surface area contributed by atoms with Crippen LogP contribution in [-0.4, -0.2) is 10.7 Å².